The van der Waals surface area contributed by atoms with Gasteiger partial charge in [-0.25, -0.2) is 19.3 Å². The molecule has 2 aliphatic rings. The first-order valence-electron chi connectivity index (χ1n) is 11.8. The smallest absolute Gasteiger partial charge is 0.387 e. The molecule has 4 aromatic rings. The minimum absolute atomic E-state index is 0.0368. The number of aryl methyl sites for hydroxylation is 1. The number of hydrogen-bond acceptors (Lipinski definition) is 5. The lowest BCUT2D eigenvalue weighted by molar-refractivity contribution is -0.139. The molecular formula is C27H21F3N4O3. The van der Waals surface area contributed by atoms with Gasteiger partial charge < -0.3 is 14.2 Å². The van der Waals surface area contributed by atoms with Crippen LogP contribution in [0.1, 0.15) is 29.2 Å². The zero-order valence-electron chi connectivity index (χ0n) is 19.6. The van der Waals surface area contributed by atoms with Crippen LogP contribution in [0.15, 0.2) is 55.0 Å². The number of alkyl halides is 2. The van der Waals surface area contributed by atoms with Crippen molar-refractivity contribution in [3.8, 4) is 16.9 Å². The minimum Gasteiger partial charge on any atom is -0.481 e. The van der Waals surface area contributed by atoms with Crippen LogP contribution in [0, 0.1) is 30.5 Å². The molecule has 0 amide bonds. The molecule has 7 nitrogen and oxygen atoms in total. The second-order valence-corrected chi connectivity index (χ2v) is 9.37. The van der Waals surface area contributed by atoms with Gasteiger partial charge in [0.2, 0.25) is 0 Å². The highest BCUT2D eigenvalue weighted by Crippen LogP contribution is 2.57. The third-order valence-corrected chi connectivity index (χ3v) is 7.17. The fraction of sp³-hybridized carbons (Fsp3) is 0.259. The molecule has 0 aliphatic heterocycles. The fourth-order valence-corrected chi connectivity index (χ4v) is 5.29. The van der Waals surface area contributed by atoms with Crippen molar-refractivity contribution in [3.05, 3.63) is 83.6 Å². The van der Waals surface area contributed by atoms with Crippen LogP contribution in [0.4, 0.5) is 13.2 Å². The van der Waals surface area contributed by atoms with Gasteiger partial charge in [0, 0.05) is 53.5 Å². The molecule has 37 heavy (non-hydrogen) atoms. The lowest BCUT2D eigenvalue weighted by Gasteiger charge is -2.12. The van der Waals surface area contributed by atoms with Crippen molar-refractivity contribution >= 4 is 17.2 Å². The van der Waals surface area contributed by atoms with Crippen LogP contribution >= 0.6 is 0 Å². The number of para-hydroxylation sites is 1. The Bertz CT molecular complexity index is 1570. The van der Waals surface area contributed by atoms with Gasteiger partial charge in [-0.05, 0) is 36.8 Å². The van der Waals surface area contributed by atoms with Gasteiger partial charge in [-0.3, -0.25) is 4.79 Å². The monoisotopic (exact) mass is 506 g/mol. The number of fused-ring (bicyclic) bond motifs is 2. The Labute approximate surface area is 209 Å². The number of rotatable bonds is 7. The number of benzene rings is 1. The van der Waals surface area contributed by atoms with Crippen molar-refractivity contribution in [3.63, 3.8) is 0 Å². The molecule has 1 aromatic carbocycles. The lowest BCUT2D eigenvalue weighted by atomic mass is 10.1. The predicted octanol–water partition coefficient (Wildman–Crippen LogP) is 5.16. The Kier molecular flexibility index (Phi) is 5.47. The van der Waals surface area contributed by atoms with E-state index in [0.717, 1.165) is 5.57 Å². The molecule has 0 spiro atoms. The van der Waals surface area contributed by atoms with Gasteiger partial charge in [0.1, 0.15) is 17.2 Å². The van der Waals surface area contributed by atoms with Gasteiger partial charge in [0.15, 0.2) is 5.82 Å². The minimum atomic E-state index is -2.95. The molecule has 2 aliphatic carbocycles. The van der Waals surface area contributed by atoms with E-state index >= 15 is 4.39 Å². The van der Waals surface area contributed by atoms with Crippen LogP contribution in [0.3, 0.4) is 0 Å². The summed E-state index contributed by atoms with van der Waals surface area (Å²) >= 11 is 0. The number of halogens is 3. The quantitative estimate of drug-likeness (QED) is 0.372. The summed E-state index contributed by atoms with van der Waals surface area (Å²) in [5.74, 6) is -0.850. The molecule has 188 valence electrons. The van der Waals surface area contributed by atoms with Gasteiger partial charge >= 0.3 is 12.6 Å². The van der Waals surface area contributed by atoms with Crippen molar-refractivity contribution in [2.75, 3.05) is 0 Å². The lowest BCUT2D eigenvalue weighted by Crippen LogP contribution is -2.06. The standard InChI is InChI=1S/C27H21F3N4O3/c1-13-21(8-14-4-2-3-5-22(14)37-27(29)30)34-12-19(20(28)9-23(34)33-13)16-10-31-25(32-11-16)15-6-17-18(7-15)24(17)26(35)36/h2-6,9-12,17-18,24,27H,7-8H2,1H3,(H,35,36)/t17-,18+,24+/m1/s1. The van der Waals surface area contributed by atoms with Crippen molar-refractivity contribution in [2.45, 2.75) is 26.4 Å². The SMILES string of the molecule is Cc1nc2cc(F)c(-c3cnc(C4=C[C@@H]5[C@H](C4)[C@H]5C(=O)O)nc3)cn2c1Cc1ccccc1OC(F)F. The van der Waals surface area contributed by atoms with E-state index in [9.17, 15) is 18.7 Å². The van der Waals surface area contributed by atoms with Gasteiger partial charge in [-0.15, -0.1) is 0 Å². The zero-order valence-corrected chi connectivity index (χ0v) is 19.6. The van der Waals surface area contributed by atoms with Crippen LogP contribution in [-0.2, 0) is 11.2 Å². The van der Waals surface area contributed by atoms with Crippen LogP contribution in [0.25, 0.3) is 22.3 Å². The molecule has 1 N–H and O–H groups in total. The molecule has 3 heterocycles. The maximum absolute atomic E-state index is 15.1. The Morgan fingerprint density at radius 2 is 2.00 bits per heavy atom. The highest BCUT2D eigenvalue weighted by Gasteiger charge is 2.57. The third kappa shape index (κ3) is 4.12. The molecule has 1 saturated carbocycles. The molecule has 3 atom stereocenters. The van der Waals surface area contributed by atoms with Crippen molar-refractivity contribution in [2.24, 2.45) is 17.8 Å². The summed E-state index contributed by atoms with van der Waals surface area (Å²) in [6.45, 7) is -1.17. The Balaban J connectivity index is 1.31. The van der Waals surface area contributed by atoms with E-state index in [1.807, 2.05) is 6.08 Å². The van der Waals surface area contributed by atoms with E-state index in [1.54, 1.807) is 48.1 Å². The van der Waals surface area contributed by atoms with E-state index in [4.69, 9.17) is 0 Å². The number of carboxylic acid groups (broad SMARTS) is 1. The first kappa shape index (κ1) is 23.2. The first-order chi connectivity index (χ1) is 17.8. The molecule has 6 rings (SSSR count). The second kappa shape index (κ2) is 8.72. The molecule has 1 fully saturated rings. The van der Waals surface area contributed by atoms with E-state index in [-0.39, 0.29) is 35.5 Å². The van der Waals surface area contributed by atoms with Crippen molar-refractivity contribution in [1.29, 1.82) is 0 Å². The largest absolute Gasteiger partial charge is 0.481 e. The summed E-state index contributed by atoms with van der Waals surface area (Å²) in [6.07, 6.45) is 7.50. The first-order valence-corrected chi connectivity index (χ1v) is 11.8. The number of allylic oxidation sites excluding steroid dienone is 2. The van der Waals surface area contributed by atoms with Gasteiger partial charge in [-0.2, -0.15) is 8.78 Å². The van der Waals surface area contributed by atoms with Crippen LogP contribution in [0.2, 0.25) is 0 Å². The summed E-state index contributed by atoms with van der Waals surface area (Å²) in [6, 6.07) is 7.86. The predicted molar refractivity (Wildman–Crippen MR) is 127 cm³/mol. The number of aromatic nitrogens is 4. The third-order valence-electron chi connectivity index (χ3n) is 7.17. The van der Waals surface area contributed by atoms with Crippen LogP contribution in [-0.4, -0.2) is 37.0 Å². The number of aliphatic carboxylic acids is 1. The highest BCUT2D eigenvalue weighted by atomic mass is 19.3. The van der Waals surface area contributed by atoms with Crippen molar-refractivity contribution < 1.29 is 27.8 Å². The number of imidazole rings is 1. The highest BCUT2D eigenvalue weighted by molar-refractivity contribution is 5.79. The average molecular weight is 506 g/mol. The number of carboxylic acids is 1. The van der Waals surface area contributed by atoms with Crippen molar-refractivity contribution in [1.82, 2.24) is 19.4 Å². The Morgan fingerprint density at radius 1 is 1.24 bits per heavy atom. The van der Waals surface area contributed by atoms with Gasteiger partial charge in [0.25, 0.3) is 0 Å². The van der Waals surface area contributed by atoms with Gasteiger partial charge in [-0.1, -0.05) is 24.3 Å². The number of nitrogens with zero attached hydrogens (tertiary/aromatic N) is 4. The molecule has 0 saturated heterocycles. The second-order valence-electron chi connectivity index (χ2n) is 9.37. The number of ether oxygens (including phenoxy) is 1. The summed E-state index contributed by atoms with van der Waals surface area (Å²) in [5, 5.41) is 9.19. The molecule has 0 radical (unpaired) electrons. The van der Waals surface area contributed by atoms with E-state index < -0.39 is 18.4 Å². The molecular weight excluding hydrogens is 485 g/mol. The van der Waals surface area contributed by atoms with E-state index in [2.05, 4.69) is 19.7 Å². The molecule has 3 aromatic heterocycles. The maximum atomic E-state index is 15.1. The number of hydrogen-bond donors (Lipinski definition) is 1. The summed E-state index contributed by atoms with van der Waals surface area (Å²) < 4.78 is 47.2. The molecule has 0 bridgehead atoms. The molecule has 10 heteroatoms. The number of carbonyl (C=O) groups is 1. The Hall–Kier alpha value is -4.21. The maximum Gasteiger partial charge on any atom is 0.387 e. The van der Waals surface area contributed by atoms with E-state index in [1.165, 1.54) is 12.1 Å². The topological polar surface area (TPSA) is 89.6 Å². The number of pyridine rings is 1. The fourth-order valence-electron chi connectivity index (χ4n) is 5.29. The summed E-state index contributed by atoms with van der Waals surface area (Å²) in [4.78, 5) is 24.5. The summed E-state index contributed by atoms with van der Waals surface area (Å²) in [7, 11) is 0. The Morgan fingerprint density at radius 3 is 2.68 bits per heavy atom. The van der Waals surface area contributed by atoms with Crippen LogP contribution < -0.4 is 4.74 Å². The van der Waals surface area contributed by atoms with E-state index in [0.29, 0.717) is 40.4 Å². The van der Waals surface area contributed by atoms with Gasteiger partial charge in [0.05, 0.1) is 11.6 Å². The molecule has 0 unspecified atom stereocenters. The average Bonchev–Trinajstić information content (AvgIpc) is 3.22. The summed E-state index contributed by atoms with van der Waals surface area (Å²) in [5.41, 5.74) is 3.94. The zero-order chi connectivity index (χ0) is 25.8. The normalized spacial score (nSPS) is 20.2. The van der Waals surface area contributed by atoms with Crippen LogP contribution in [0.5, 0.6) is 5.75 Å².